The van der Waals surface area contributed by atoms with Gasteiger partial charge in [0.05, 0.1) is 6.61 Å². The van der Waals surface area contributed by atoms with Gasteiger partial charge in [0.2, 0.25) is 0 Å². The lowest BCUT2D eigenvalue weighted by atomic mass is 10.3. The lowest BCUT2D eigenvalue weighted by Gasteiger charge is -1.97. The Labute approximate surface area is 69.9 Å². The molecule has 0 saturated heterocycles. The monoisotopic (exact) mass is 164 g/mol. The molecule has 0 rings (SSSR count). The Morgan fingerprint density at radius 3 is 2.60 bits per heavy atom. The van der Waals surface area contributed by atoms with Gasteiger partial charge in [-0.2, -0.15) is 0 Å². The van der Waals surface area contributed by atoms with Crippen LogP contribution >= 0.6 is 12.4 Å². The molecule has 0 N–H and O–H groups in total. The first-order valence-electron chi connectivity index (χ1n) is 3.60. The van der Waals surface area contributed by atoms with Crippen molar-refractivity contribution in [3.05, 3.63) is 12.7 Å². The molecule has 0 atom stereocenters. The van der Waals surface area contributed by atoms with Gasteiger partial charge in [0.1, 0.15) is 0 Å². The molecule has 0 bridgehead atoms. The molecule has 0 aromatic carbocycles. The topological polar surface area (TPSA) is 9.23 Å². The second-order valence-corrected chi connectivity index (χ2v) is 2.07. The Morgan fingerprint density at radius 1 is 1.40 bits per heavy atom. The largest absolute Gasteiger partial charge is 0.377 e. The number of unbranched alkanes of at least 4 members (excludes halogenated alkanes) is 2. The van der Waals surface area contributed by atoms with Crippen LogP contribution in [0.3, 0.4) is 0 Å². The average molecular weight is 165 g/mol. The van der Waals surface area contributed by atoms with E-state index >= 15 is 0 Å². The summed E-state index contributed by atoms with van der Waals surface area (Å²) < 4.78 is 5.17. The summed E-state index contributed by atoms with van der Waals surface area (Å²) in [5, 5.41) is 0. The van der Waals surface area contributed by atoms with Gasteiger partial charge < -0.3 is 4.74 Å². The van der Waals surface area contributed by atoms with Gasteiger partial charge in [-0.05, 0) is 6.42 Å². The van der Waals surface area contributed by atoms with Crippen molar-refractivity contribution < 1.29 is 4.74 Å². The minimum Gasteiger partial charge on any atom is -0.377 e. The molecule has 62 valence electrons. The van der Waals surface area contributed by atoms with Crippen molar-refractivity contribution in [1.29, 1.82) is 0 Å². The van der Waals surface area contributed by atoms with Gasteiger partial charge in [-0.25, -0.2) is 0 Å². The second kappa shape index (κ2) is 11.7. The molecule has 2 heteroatoms. The summed E-state index contributed by atoms with van der Waals surface area (Å²) in [6.45, 7) is 7.33. The summed E-state index contributed by atoms with van der Waals surface area (Å²) in [5.74, 6) is 0. The Bertz CT molecular complexity index is 64.3. The molecular formula is C8H17ClO. The summed E-state index contributed by atoms with van der Waals surface area (Å²) in [6.07, 6.45) is 5.50. The maximum atomic E-state index is 5.17. The molecule has 0 radical (unpaired) electrons. The van der Waals surface area contributed by atoms with E-state index in [0.717, 1.165) is 6.61 Å². The van der Waals surface area contributed by atoms with Crippen molar-refractivity contribution in [1.82, 2.24) is 0 Å². The fourth-order valence-electron chi connectivity index (χ4n) is 0.621. The molecule has 0 aliphatic rings. The van der Waals surface area contributed by atoms with E-state index in [4.69, 9.17) is 4.74 Å². The molecule has 0 aliphatic carbocycles. The van der Waals surface area contributed by atoms with Crippen LogP contribution in [0.4, 0.5) is 0 Å². The quantitative estimate of drug-likeness (QED) is 0.434. The van der Waals surface area contributed by atoms with Crippen molar-refractivity contribution in [3.63, 3.8) is 0 Å². The number of ether oxygens (including phenoxy) is 1. The zero-order chi connectivity index (χ0) is 6.95. The van der Waals surface area contributed by atoms with Gasteiger partial charge in [0, 0.05) is 6.61 Å². The van der Waals surface area contributed by atoms with Crippen LogP contribution in [0.2, 0.25) is 0 Å². The van der Waals surface area contributed by atoms with Crippen LogP contribution in [-0.2, 0) is 4.74 Å². The zero-order valence-corrected chi connectivity index (χ0v) is 7.45. The van der Waals surface area contributed by atoms with Crippen molar-refractivity contribution >= 4 is 12.4 Å². The molecule has 10 heavy (non-hydrogen) atoms. The third kappa shape index (κ3) is 10.9. The summed E-state index contributed by atoms with van der Waals surface area (Å²) in [7, 11) is 0. The summed E-state index contributed by atoms with van der Waals surface area (Å²) in [5.41, 5.74) is 0. The van der Waals surface area contributed by atoms with E-state index in [1.165, 1.54) is 19.3 Å². The normalized spacial score (nSPS) is 8.50. The first kappa shape index (κ1) is 12.6. The lowest BCUT2D eigenvalue weighted by molar-refractivity contribution is 0.158. The predicted octanol–water partition coefficient (Wildman–Crippen LogP) is 2.80. The smallest absolute Gasteiger partial charge is 0.0644 e. The van der Waals surface area contributed by atoms with Crippen LogP contribution in [0.1, 0.15) is 26.2 Å². The second-order valence-electron chi connectivity index (χ2n) is 2.07. The summed E-state index contributed by atoms with van der Waals surface area (Å²) in [4.78, 5) is 0. The van der Waals surface area contributed by atoms with Gasteiger partial charge >= 0.3 is 0 Å². The molecule has 1 nitrogen and oxygen atoms in total. The minimum atomic E-state index is 0. The first-order chi connectivity index (χ1) is 4.41. The van der Waals surface area contributed by atoms with E-state index in [0.29, 0.717) is 6.61 Å². The third-order valence-electron chi connectivity index (χ3n) is 1.13. The van der Waals surface area contributed by atoms with E-state index < -0.39 is 0 Å². The van der Waals surface area contributed by atoms with Gasteiger partial charge in [0.25, 0.3) is 0 Å². The fourth-order valence-corrected chi connectivity index (χ4v) is 0.621. The van der Waals surface area contributed by atoms with E-state index in [-0.39, 0.29) is 12.4 Å². The van der Waals surface area contributed by atoms with Crippen LogP contribution in [0, 0.1) is 0 Å². The molecule has 0 fully saturated rings. The van der Waals surface area contributed by atoms with E-state index in [1.54, 1.807) is 6.08 Å². The van der Waals surface area contributed by atoms with E-state index in [9.17, 15) is 0 Å². The van der Waals surface area contributed by atoms with Crippen LogP contribution < -0.4 is 0 Å². The summed E-state index contributed by atoms with van der Waals surface area (Å²) in [6, 6.07) is 0. The van der Waals surface area contributed by atoms with Crippen molar-refractivity contribution in [2.24, 2.45) is 0 Å². The molecule has 0 saturated carbocycles. The fraction of sp³-hybridized carbons (Fsp3) is 0.750. The van der Waals surface area contributed by atoms with Gasteiger partial charge in [-0.3, -0.25) is 0 Å². The number of hydrogen-bond acceptors (Lipinski definition) is 1. The number of halogens is 1. The zero-order valence-electron chi connectivity index (χ0n) is 6.64. The molecule has 0 heterocycles. The van der Waals surface area contributed by atoms with E-state index in [2.05, 4.69) is 13.5 Å². The maximum absolute atomic E-state index is 5.17. The number of hydrogen-bond donors (Lipinski definition) is 0. The Morgan fingerprint density at radius 2 is 2.10 bits per heavy atom. The van der Waals surface area contributed by atoms with Crippen LogP contribution in [0.25, 0.3) is 0 Å². The Kier molecular flexibility index (Phi) is 14.9. The number of rotatable bonds is 6. The molecule has 0 aromatic heterocycles. The molecule has 0 amide bonds. The maximum Gasteiger partial charge on any atom is 0.0644 e. The highest BCUT2D eigenvalue weighted by atomic mass is 35.5. The highest BCUT2D eigenvalue weighted by molar-refractivity contribution is 5.85. The molecular weight excluding hydrogens is 148 g/mol. The van der Waals surface area contributed by atoms with Gasteiger partial charge in [-0.15, -0.1) is 19.0 Å². The Balaban J connectivity index is 0. The first-order valence-corrected chi connectivity index (χ1v) is 3.60. The minimum absolute atomic E-state index is 0. The molecule has 0 aliphatic heterocycles. The van der Waals surface area contributed by atoms with Crippen LogP contribution in [0.15, 0.2) is 12.7 Å². The SMILES string of the molecule is C=CCOCCCCC.Cl. The standard InChI is InChI=1S/C8H16O.ClH/c1-3-5-6-8-9-7-4-2;/h4H,2-3,5-8H2,1H3;1H. The van der Waals surface area contributed by atoms with Gasteiger partial charge in [-0.1, -0.05) is 25.8 Å². The van der Waals surface area contributed by atoms with E-state index in [1.807, 2.05) is 0 Å². The average Bonchev–Trinajstić information content (AvgIpc) is 1.89. The molecule has 0 unspecified atom stereocenters. The van der Waals surface area contributed by atoms with Crippen molar-refractivity contribution in [2.75, 3.05) is 13.2 Å². The summed E-state index contributed by atoms with van der Waals surface area (Å²) >= 11 is 0. The Hall–Kier alpha value is -0.0100. The van der Waals surface area contributed by atoms with Crippen LogP contribution in [0.5, 0.6) is 0 Å². The third-order valence-corrected chi connectivity index (χ3v) is 1.13. The van der Waals surface area contributed by atoms with Gasteiger partial charge in [0.15, 0.2) is 0 Å². The van der Waals surface area contributed by atoms with Crippen molar-refractivity contribution in [2.45, 2.75) is 26.2 Å². The molecule has 0 aromatic rings. The molecule has 0 spiro atoms. The highest BCUT2D eigenvalue weighted by Gasteiger charge is 1.83. The predicted molar refractivity (Wildman–Crippen MR) is 47.8 cm³/mol. The van der Waals surface area contributed by atoms with Crippen molar-refractivity contribution in [3.8, 4) is 0 Å². The van der Waals surface area contributed by atoms with Crippen LogP contribution in [-0.4, -0.2) is 13.2 Å². The lowest BCUT2D eigenvalue weighted by Crippen LogP contribution is -1.92. The highest BCUT2D eigenvalue weighted by Crippen LogP contribution is 1.93.